The number of carbonyl (C=O) groups excluding carboxylic acids is 2. The van der Waals surface area contributed by atoms with E-state index in [-0.39, 0.29) is 30.4 Å². The minimum atomic E-state index is -1.47. The smallest absolute Gasteiger partial charge is 0.311 e. The van der Waals surface area contributed by atoms with Crippen LogP contribution in [0.4, 0.5) is 0 Å². The first-order valence-corrected chi connectivity index (χ1v) is 19.1. The lowest BCUT2D eigenvalue weighted by Crippen LogP contribution is -2.60. The quantitative estimate of drug-likeness (QED) is 0.289. The van der Waals surface area contributed by atoms with Gasteiger partial charge in [-0.1, -0.05) is 27.7 Å². The van der Waals surface area contributed by atoms with Crippen molar-refractivity contribution in [2.24, 2.45) is 17.8 Å². The van der Waals surface area contributed by atoms with Crippen LogP contribution in [0.25, 0.3) is 0 Å². The Labute approximate surface area is 310 Å². The highest BCUT2D eigenvalue weighted by molar-refractivity contribution is 5.92. The van der Waals surface area contributed by atoms with E-state index < -0.39 is 89.7 Å². The van der Waals surface area contributed by atoms with Gasteiger partial charge < -0.3 is 53.4 Å². The maximum Gasteiger partial charge on any atom is 0.311 e. The Bertz CT molecular complexity index is 1290. The number of methoxy groups -OCH3 is 2. The summed E-state index contributed by atoms with van der Waals surface area (Å²) in [5.74, 6) is -2.59. The van der Waals surface area contributed by atoms with Crippen molar-refractivity contribution in [1.29, 1.82) is 0 Å². The highest BCUT2D eigenvalue weighted by atomic mass is 16.7. The number of aliphatic hydroxyl groups excluding tert-OH is 2. The van der Waals surface area contributed by atoms with E-state index in [9.17, 15) is 19.8 Å². The molecule has 0 aromatic rings. The molecule has 0 radical (unpaired) electrons. The molecule has 52 heavy (non-hydrogen) atoms. The molecule has 3 N–H and O–H groups in total. The van der Waals surface area contributed by atoms with Crippen molar-refractivity contribution >= 4 is 11.8 Å². The van der Waals surface area contributed by atoms with E-state index in [4.69, 9.17) is 37.9 Å². The zero-order chi connectivity index (χ0) is 39.1. The Morgan fingerprint density at radius 3 is 2.21 bits per heavy atom. The van der Waals surface area contributed by atoms with Gasteiger partial charge in [-0.15, -0.1) is 0 Å². The van der Waals surface area contributed by atoms with Gasteiger partial charge in [0.15, 0.2) is 24.0 Å². The number of cyclic esters (lactones) is 1. The SMILES string of the molecule is CCC1OC(=O)C(C)C(OC2C[C@@](C)(OC)C(O)C(C)O2)C(C)C(OC2OC(C)CC(NC(C)C)C2O)[C@@]2(C)CC(C)=C(O2)C(C)C(=O)[C@]1(C)OC. The predicted molar refractivity (Wildman–Crippen MR) is 192 cm³/mol. The number of hydrogen-bond donors (Lipinski definition) is 3. The molecule has 4 heterocycles. The van der Waals surface area contributed by atoms with E-state index in [2.05, 4.69) is 5.32 Å². The molecule has 13 heteroatoms. The van der Waals surface area contributed by atoms with Gasteiger partial charge in [-0.3, -0.25) is 9.59 Å². The third-order valence-corrected chi connectivity index (χ3v) is 12.0. The first-order chi connectivity index (χ1) is 24.2. The zero-order valence-corrected chi connectivity index (χ0v) is 33.9. The molecule has 4 aliphatic rings. The lowest BCUT2D eigenvalue weighted by molar-refractivity contribution is -0.315. The summed E-state index contributed by atoms with van der Waals surface area (Å²) in [6.45, 7) is 22.3. The lowest BCUT2D eigenvalue weighted by atomic mass is 9.79. The number of aliphatic hydroxyl groups is 2. The minimum Gasteiger partial charge on any atom is -0.488 e. The molecule has 4 rings (SSSR count). The molecular formula is C39H67NO12. The predicted octanol–water partition coefficient (Wildman–Crippen LogP) is 4.19. The molecule has 13 nitrogen and oxygen atoms in total. The second-order valence-corrected chi connectivity index (χ2v) is 16.7. The molecule has 16 atom stereocenters. The van der Waals surface area contributed by atoms with Crippen LogP contribution in [0.1, 0.15) is 109 Å². The topological polar surface area (TPSA) is 160 Å². The van der Waals surface area contributed by atoms with Gasteiger partial charge >= 0.3 is 5.97 Å². The van der Waals surface area contributed by atoms with Crippen molar-refractivity contribution in [2.75, 3.05) is 14.2 Å². The van der Waals surface area contributed by atoms with Gasteiger partial charge in [-0.05, 0) is 73.8 Å². The number of hydrogen-bond acceptors (Lipinski definition) is 13. The summed E-state index contributed by atoms with van der Waals surface area (Å²) in [7, 11) is 2.98. The number of ether oxygens (including phenoxy) is 8. The molecule has 0 aromatic carbocycles. The first-order valence-electron chi connectivity index (χ1n) is 19.1. The Kier molecular flexibility index (Phi) is 13.7. The molecule has 3 fully saturated rings. The maximum absolute atomic E-state index is 14.3. The van der Waals surface area contributed by atoms with Gasteiger partial charge in [0.25, 0.3) is 0 Å². The molecule has 0 aliphatic carbocycles. The number of Topliss-reactive ketones (excluding diaryl/α,β-unsaturated/α-hetero) is 1. The Hall–Kier alpha value is -1.68. The summed E-state index contributed by atoms with van der Waals surface area (Å²) in [5.41, 5.74) is -2.66. The molecule has 0 saturated carbocycles. The second kappa shape index (κ2) is 16.6. The van der Waals surface area contributed by atoms with Crippen LogP contribution in [-0.2, 0) is 47.5 Å². The zero-order valence-electron chi connectivity index (χ0n) is 33.9. The summed E-state index contributed by atoms with van der Waals surface area (Å²) in [5, 5.41) is 26.1. The normalized spacial score (nSPS) is 46.7. The van der Waals surface area contributed by atoms with Gasteiger partial charge in [0.2, 0.25) is 0 Å². The van der Waals surface area contributed by atoms with E-state index >= 15 is 0 Å². The Balaban J connectivity index is 1.85. The molecule has 0 aromatic heterocycles. The fraction of sp³-hybridized carbons (Fsp3) is 0.897. The first kappa shape index (κ1) is 43.1. The van der Waals surface area contributed by atoms with Crippen molar-refractivity contribution in [3.63, 3.8) is 0 Å². The van der Waals surface area contributed by atoms with Crippen LogP contribution in [0.2, 0.25) is 0 Å². The van der Waals surface area contributed by atoms with Crippen LogP contribution in [0.3, 0.4) is 0 Å². The minimum absolute atomic E-state index is 0.113. The molecule has 0 amide bonds. The van der Waals surface area contributed by atoms with Crippen molar-refractivity contribution < 1.29 is 57.7 Å². The second-order valence-electron chi connectivity index (χ2n) is 16.7. The van der Waals surface area contributed by atoms with E-state index in [1.54, 1.807) is 34.6 Å². The summed E-state index contributed by atoms with van der Waals surface area (Å²) >= 11 is 0. The van der Waals surface area contributed by atoms with E-state index in [0.717, 1.165) is 5.57 Å². The lowest BCUT2D eigenvalue weighted by Gasteiger charge is -2.48. The van der Waals surface area contributed by atoms with Crippen molar-refractivity contribution in [3.05, 3.63) is 11.3 Å². The number of carbonyl (C=O) groups is 2. The number of rotatable bonds is 9. The summed E-state index contributed by atoms with van der Waals surface area (Å²) < 4.78 is 50.9. The van der Waals surface area contributed by atoms with Gasteiger partial charge in [0, 0.05) is 45.1 Å². The summed E-state index contributed by atoms with van der Waals surface area (Å²) in [4.78, 5) is 28.6. The standard InChI is InChI=1S/C39H67NO12/c1-15-27-39(12,46-14)32(42)22(6)30-20(4)17-38(11,52-30)34(51-36-29(41)26(40-19(2)3)16-21(5)47-36)23(7)31(24(8)35(44)49-27)50-28-18-37(10,45-13)33(43)25(9)48-28/h19,21-29,31,33-34,36,40-41,43H,15-18H2,1-14H3/t21?,22?,23?,24?,25?,26?,27?,28?,29?,31?,33?,34?,36?,37-,38-,39-/m1/s1. The number of esters is 1. The van der Waals surface area contributed by atoms with E-state index in [0.29, 0.717) is 25.0 Å². The Morgan fingerprint density at radius 1 is 0.981 bits per heavy atom. The molecule has 2 bridgehead atoms. The van der Waals surface area contributed by atoms with Gasteiger partial charge in [0.1, 0.15) is 35.8 Å². The number of nitrogens with one attached hydrogen (secondary N) is 1. The van der Waals surface area contributed by atoms with E-state index in [1.165, 1.54) is 14.2 Å². The number of ketones is 1. The van der Waals surface area contributed by atoms with Gasteiger partial charge in [-0.25, -0.2) is 0 Å². The molecule has 300 valence electrons. The summed E-state index contributed by atoms with van der Waals surface area (Å²) in [6, 6.07) is -0.180. The molecule has 4 aliphatic heterocycles. The number of allylic oxidation sites excluding steroid dienone is 1. The third kappa shape index (κ3) is 8.43. The van der Waals surface area contributed by atoms with Crippen LogP contribution in [0.15, 0.2) is 11.3 Å². The average molecular weight is 742 g/mol. The van der Waals surface area contributed by atoms with Crippen LogP contribution in [0, 0.1) is 17.8 Å². The highest BCUT2D eigenvalue weighted by Crippen LogP contribution is 2.47. The fourth-order valence-corrected chi connectivity index (χ4v) is 8.88. The van der Waals surface area contributed by atoms with Gasteiger partial charge in [0.05, 0.1) is 35.7 Å². The maximum atomic E-state index is 14.3. The largest absolute Gasteiger partial charge is 0.488 e. The van der Waals surface area contributed by atoms with Crippen LogP contribution in [0.5, 0.6) is 0 Å². The van der Waals surface area contributed by atoms with Crippen molar-refractivity contribution in [1.82, 2.24) is 5.32 Å². The van der Waals surface area contributed by atoms with Crippen LogP contribution >= 0.6 is 0 Å². The fourth-order valence-electron chi connectivity index (χ4n) is 8.88. The van der Waals surface area contributed by atoms with Gasteiger partial charge in [-0.2, -0.15) is 0 Å². The van der Waals surface area contributed by atoms with E-state index in [1.807, 2.05) is 48.5 Å². The monoisotopic (exact) mass is 741 g/mol. The van der Waals surface area contributed by atoms with Crippen LogP contribution in [-0.4, -0.2) is 120 Å². The third-order valence-electron chi connectivity index (χ3n) is 12.0. The van der Waals surface area contributed by atoms with Crippen LogP contribution < -0.4 is 5.32 Å². The molecular weight excluding hydrogens is 674 g/mol. The number of fused-ring (bicyclic) bond motifs is 2. The van der Waals surface area contributed by atoms with Crippen molar-refractivity contribution in [3.8, 4) is 0 Å². The molecule has 3 saturated heterocycles. The summed E-state index contributed by atoms with van der Waals surface area (Å²) in [6.07, 6.45) is -5.88. The molecule has 13 unspecified atom stereocenters. The average Bonchev–Trinajstić information content (AvgIpc) is 3.40. The highest BCUT2D eigenvalue weighted by Gasteiger charge is 2.56. The Morgan fingerprint density at radius 2 is 1.63 bits per heavy atom. The molecule has 0 spiro atoms. The van der Waals surface area contributed by atoms with Crippen molar-refractivity contribution in [2.45, 2.75) is 193 Å².